The molecule has 1 saturated heterocycles. The first-order chi connectivity index (χ1) is 14.8. The van der Waals surface area contributed by atoms with Gasteiger partial charge >= 0.3 is 6.09 Å². The zero-order valence-electron chi connectivity index (χ0n) is 16.5. The summed E-state index contributed by atoms with van der Waals surface area (Å²) in [6, 6.07) is 2.34. The van der Waals surface area contributed by atoms with E-state index in [1.807, 2.05) is 0 Å². The van der Waals surface area contributed by atoms with E-state index in [-0.39, 0.29) is 35.0 Å². The van der Waals surface area contributed by atoms with E-state index in [4.69, 9.17) is 12.2 Å². The number of likely N-dealkylation sites (tertiary alicyclic amines) is 1. The summed E-state index contributed by atoms with van der Waals surface area (Å²) < 4.78 is 31.3. The minimum Gasteiger partial charge on any atom is -0.465 e. The maximum atomic E-state index is 14.6. The zero-order valence-corrected chi connectivity index (χ0v) is 18.9. The number of nitrogens with one attached hydrogen (secondary N) is 2. The summed E-state index contributed by atoms with van der Waals surface area (Å²) in [7, 11) is 0. The lowest BCUT2D eigenvalue weighted by atomic mass is 9.95. The van der Waals surface area contributed by atoms with E-state index < -0.39 is 23.6 Å². The third-order valence-electron chi connectivity index (χ3n) is 6.00. The first-order valence-electron chi connectivity index (χ1n) is 9.96. The smallest absolute Gasteiger partial charge is 0.407 e. The summed E-state index contributed by atoms with van der Waals surface area (Å²) in [4.78, 5) is 28.1. The number of nitrogens with zero attached hydrogens (tertiary/aromatic N) is 2. The van der Waals surface area contributed by atoms with Crippen LogP contribution in [0.2, 0.25) is 0 Å². The molecule has 0 saturated carbocycles. The van der Waals surface area contributed by atoms with Gasteiger partial charge in [0.25, 0.3) is 0 Å². The zero-order chi connectivity index (χ0) is 22.3. The molecular weight excluding hydrogens is 494 g/mol. The number of aromatic nitrogens is 2. The summed E-state index contributed by atoms with van der Waals surface area (Å²) in [6.45, 7) is 1.05. The molecule has 0 spiro atoms. The Balaban J connectivity index is 1.45. The molecule has 3 heterocycles. The fourth-order valence-corrected chi connectivity index (χ4v) is 5.16. The van der Waals surface area contributed by atoms with E-state index in [0.717, 1.165) is 12.1 Å². The predicted octanol–water partition coefficient (Wildman–Crippen LogP) is 3.73. The monoisotopic (exact) mass is 514 g/mol. The molecule has 1 fully saturated rings. The van der Waals surface area contributed by atoms with Crippen molar-refractivity contribution in [1.82, 2.24) is 19.8 Å². The molecule has 2 aromatic rings. The van der Waals surface area contributed by atoms with Gasteiger partial charge in [-0.05, 0) is 59.5 Å². The number of halogens is 3. The maximum Gasteiger partial charge on any atom is 0.407 e. The van der Waals surface area contributed by atoms with Gasteiger partial charge in [-0.3, -0.25) is 4.79 Å². The third kappa shape index (κ3) is 4.25. The van der Waals surface area contributed by atoms with Crippen molar-refractivity contribution in [1.29, 1.82) is 0 Å². The molecular formula is C20H21BrF2N4O3S. The van der Waals surface area contributed by atoms with Crippen molar-refractivity contribution in [2.75, 3.05) is 13.1 Å². The molecule has 0 bridgehead atoms. The van der Waals surface area contributed by atoms with Crippen LogP contribution >= 0.6 is 28.1 Å². The summed E-state index contributed by atoms with van der Waals surface area (Å²) in [5, 5.41) is 12.0. The number of hydrogen-bond acceptors (Lipinski definition) is 3. The Hall–Kier alpha value is -2.27. The van der Waals surface area contributed by atoms with Crippen molar-refractivity contribution >= 4 is 40.1 Å². The molecule has 2 atom stereocenters. The molecule has 2 aliphatic rings. The number of carboxylic acid groups (broad SMARTS) is 1. The number of H-pyrrole nitrogens is 1. The van der Waals surface area contributed by atoms with E-state index in [2.05, 4.69) is 26.2 Å². The fraction of sp³-hybridized carbons (Fsp3) is 0.450. The third-order valence-corrected chi connectivity index (χ3v) is 6.94. The van der Waals surface area contributed by atoms with E-state index in [1.54, 1.807) is 4.57 Å². The lowest BCUT2D eigenvalue weighted by molar-refractivity contribution is -0.120. The van der Waals surface area contributed by atoms with Gasteiger partial charge < -0.3 is 24.9 Å². The van der Waals surface area contributed by atoms with Gasteiger partial charge in [0, 0.05) is 42.5 Å². The number of aromatic amines is 1. The van der Waals surface area contributed by atoms with Crippen LogP contribution < -0.4 is 5.32 Å². The maximum absolute atomic E-state index is 14.6. The standard InChI is InChI=1S/C20H21BrF2N4O3S/c21-12-3-4-13(22)17(18(12)23)10-6-15-14(25-19(31)27(15)9-10)7-16(28)24-8-11-2-1-5-26(11)20(29)30/h3-4,10-11H,1-2,5-9H2,(H,24,28)(H,25,31)(H,29,30). The Morgan fingerprint density at radius 1 is 1.35 bits per heavy atom. The highest BCUT2D eigenvalue weighted by Gasteiger charge is 2.32. The Morgan fingerprint density at radius 3 is 2.87 bits per heavy atom. The van der Waals surface area contributed by atoms with Gasteiger partial charge in [0.1, 0.15) is 11.6 Å². The van der Waals surface area contributed by atoms with Crippen molar-refractivity contribution in [2.45, 2.75) is 44.2 Å². The van der Waals surface area contributed by atoms with Crippen LogP contribution in [0, 0.1) is 16.4 Å². The molecule has 7 nitrogen and oxygen atoms in total. The van der Waals surface area contributed by atoms with Crippen LogP contribution in [0.3, 0.4) is 0 Å². The Bertz CT molecular complexity index is 1100. The summed E-state index contributed by atoms with van der Waals surface area (Å²) >= 11 is 8.45. The second-order valence-corrected chi connectivity index (χ2v) is 9.12. The minimum atomic E-state index is -0.982. The van der Waals surface area contributed by atoms with Crippen molar-refractivity contribution in [3.8, 4) is 0 Å². The molecule has 0 aliphatic carbocycles. The van der Waals surface area contributed by atoms with Gasteiger partial charge in [-0.1, -0.05) is 0 Å². The second kappa shape index (κ2) is 8.70. The van der Waals surface area contributed by atoms with Crippen LogP contribution in [0.1, 0.15) is 35.7 Å². The highest BCUT2D eigenvalue weighted by Crippen LogP contribution is 2.36. The SMILES string of the molecule is O=C(Cc1[nH]c(=S)n2c1CC(c1c(F)ccc(Br)c1F)C2)NCC1CCCN1C(=O)O. The molecule has 2 aliphatic heterocycles. The molecule has 31 heavy (non-hydrogen) atoms. The average Bonchev–Trinajstić information content (AvgIpc) is 3.41. The molecule has 166 valence electrons. The predicted molar refractivity (Wildman–Crippen MR) is 115 cm³/mol. The summed E-state index contributed by atoms with van der Waals surface area (Å²) in [5.41, 5.74) is 1.39. The largest absolute Gasteiger partial charge is 0.465 e. The molecule has 2 unspecified atom stereocenters. The molecule has 2 amide bonds. The highest BCUT2D eigenvalue weighted by molar-refractivity contribution is 9.10. The number of carbonyl (C=O) groups is 2. The van der Waals surface area contributed by atoms with Gasteiger partial charge in [-0.15, -0.1) is 0 Å². The Morgan fingerprint density at radius 2 is 2.13 bits per heavy atom. The average molecular weight is 515 g/mol. The first kappa shape index (κ1) is 21.9. The van der Waals surface area contributed by atoms with Crippen molar-refractivity contribution < 1.29 is 23.5 Å². The van der Waals surface area contributed by atoms with Gasteiger partial charge in [0.05, 0.1) is 16.9 Å². The van der Waals surface area contributed by atoms with Crippen molar-refractivity contribution in [2.24, 2.45) is 0 Å². The van der Waals surface area contributed by atoms with Crippen LogP contribution in [0.15, 0.2) is 16.6 Å². The van der Waals surface area contributed by atoms with Gasteiger partial charge in [-0.2, -0.15) is 0 Å². The van der Waals surface area contributed by atoms with Crippen molar-refractivity contribution in [3.63, 3.8) is 0 Å². The quantitative estimate of drug-likeness (QED) is 0.418. The van der Waals surface area contributed by atoms with E-state index >= 15 is 0 Å². The van der Waals surface area contributed by atoms with E-state index in [1.165, 1.54) is 17.0 Å². The number of carbonyl (C=O) groups excluding carboxylic acids is 1. The van der Waals surface area contributed by atoms with Crippen LogP contribution in [0.4, 0.5) is 13.6 Å². The molecule has 4 rings (SSSR count). The Kier molecular flexibility index (Phi) is 6.16. The number of rotatable bonds is 5. The van der Waals surface area contributed by atoms with Gasteiger partial charge in [0.2, 0.25) is 5.91 Å². The van der Waals surface area contributed by atoms with Crippen LogP contribution in [-0.4, -0.2) is 50.7 Å². The minimum absolute atomic E-state index is 0.0119. The number of fused-ring (bicyclic) bond motifs is 1. The van der Waals surface area contributed by atoms with Gasteiger partial charge in [-0.25, -0.2) is 13.6 Å². The summed E-state index contributed by atoms with van der Waals surface area (Å²) in [5.74, 6) is -1.91. The molecule has 11 heteroatoms. The highest BCUT2D eigenvalue weighted by atomic mass is 79.9. The Labute approximate surface area is 190 Å². The lowest BCUT2D eigenvalue weighted by Crippen LogP contribution is -2.42. The van der Waals surface area contributed by atoms with Crippen LogP contribution in [0.5, 0.6) is 0 Å². The van der Waals surface area contributed by atoms with Crippen LogP contribution in [0.25, 0.3) is 0 Å². The normalized spacial score (nSPS) is 20.2. The number of imidazole rings is 1. The van der Waals surface area contributed by atoms with Crippen molar-refractivity contribution in [3.05, 3.63) is 50.0 Å². The molecule has 1 aromatic carbocycles. The number of benzene rings is 1. The first-order valence-corrected chi connectivity index (χ1v) is 11.2. The molecule has 1 aromatic heterocycles. The molecule has 0 radical (unpaired) electrons. The number of amides is 2. The second-order valence-electron chi connectivity index (χ2n) is 7.88. The summed E-state index contributed by atoms with van der Waals surface area (Å²) in [6.07, 6.45) is 0.889. The van der Waals surface area contributed by atoms with E-state index in [9.17, 15) is 23.5 Å². The van der Waals surface area contributed by atoms with Gasteiger partial charge in [0.15, 0.2) is 4.77 Å². The topological polar surface area (TPSA) is 90.4 Å². The molecule has 3 N–H and O–H groups in total. The number of hydrogen-bond donors (Lipinski definition) is 3. The van der Waals surface area contributed by atoms with Crippen LogP contribution in [-0.2, 0) is 24.2 Å². The fourth-order valence-electron chi connectivity index (χ4n) is 4.51. The van der Waals surface area contributed by atoms with E-state index in [0.29, 0.717) is 36.4 Å². The lowest BCUT2D eigenvalue weighted by Gasteiger charge is -2.21.